The highest BCUT2D eigenvalue weighted by Gasteiger charge is 2.55. The lowest BCUT2D eigenvalue weighted by molar-refractivity contribution is -0.128. The van der Waals surface area contributed by atoms with Crippen LogP contribution >= 0.6 is 0 Å². The SMILES string of the molecule is CCN1C(=O)C2CC3(CCN(Cc4cnn(CC)c4)CC3)CN2C1=O. The third-order valence-corrected chi connectivity index (χ3v) is 6.19. The molecular formula is C18H27N5O2. The van der Waals surface area contributed by atoms with Crippen molar-refractivity contribution < 1.29 is 9.59 Å². The second-order valence-electron chi connectivity index (χ2n) is 7.69. The van der Waals surface area contributed by atoms with Gasteiger partial charge in [0.2, 0.25) is 0 Å². The Labute approximate surface area is 148 Å². The van der Waals surface area contributed by atoms with Gasteiger partial charge in [0.25, 0.3) is 5.91 Å². The van der Waals surface area contributed by atoms with Gasteiger partial charge in [-0.2, -0.15) is 5.10 Å². The third kappa shape index (κ3) is 2.74. The molecule has 1 unspecified atom stereocenters. The average molecular weight is 345 g/mol. The predicted octanol–water partition coefficient (Wildman–Crippen LogP) is 1.54. The number of rotatable bonds is 4. The Hall–Kier alpha value is -1.89. The highest BCUT2D eigenvalue weighted by molar-refractivity contribution is 6.04. The number of nitrogens with zero attached hydrogens (tertiary/aromatic N) is 5. The number of carbonyl (C=O) groups excluding carboxylic acids is 2. The van der Waals surface area contributed by atoms with Crippen LogP contribution in [0.5, 0.6) is 0 Å². The predicted molar refractivity (Wildman–Crippen MR) is 92.7 cm³/mol. The zero-order valence-electron chi connectivity index (χ0n) is 15.1. The Kier molecular flexibility index (Phi) is 4.06. The number of amides is 3. The summed E-state index contributed by atoms with van der Waals surface area (Å²) in [5, 5.41) is 4.35. The number of urea groups is 1. The molecule has 136 valence electrons. The van der Waals surface area contributed by atoms with E-state index in [-0.39, 0.29) is 23.4 Å². The van der Waals surface area contributed by atoms with E-state index < -0.39 is 0 Å². The van der Waals surface area contributed by atoms with Crippen LogP contribution in [-0.4, -0.2) is 68.6 Å². The molecule has 25 heavy (non-hydrogen) atoms. The van der Waals surface area contributed by atoms with Crippen molar-refractivity contribution in [2.24, 2.45) is 5.41 Å². The van der Waals surface area contributed by atoms with Crippen molar-refractivity contribution in [3.05, 3.63) is 18.0 Å². The molecule has 3 aliphatic rings. The van der Waals surface area contributed by atoms with E-state index in [9.17, 15) is 9.59 Å². The fourth-order valence-electron chi connectivity index (χ4n) is 4.67. The highest BCUT2D eigenvalue weighted by Crippen LogP contribution is 2.46. The minimum Gasteiger partial charge on any atom is -0.312 e. The Morgan fingerprint density at radius 3 is 2.56 bits per heavy atom. The van der Waals surface area contributed by atoms with Gasteiger partial charge in [0.05, 0.1) is 6.20 Å². The minimum atomic E-state index is -0.207. The maximum Gasteiger partial charge on any atom is 0.327 e. The largest absolute Gasteiger partial charge is 0.327 e. The molecule has 3 aliphatic heterocycles. The smallest absolute Gasteiger partial charge is 0.312 e. The summed E-state index contributed by atoms with van der Waals surface area (Å²) in [6, 6.07) is -0.287. The van der Waals surface area contributed by atoms with Crippen LogP contribution in [0.15, 0.2) is 12.4 Å². The quantitative estimate of drug-likeness (QED) is 0.777. The molecule has 1 spiro atoms. The molecule has 3 fully saturated rings. The first-order valence-electron chi connectivity index (χ1n) is 9.41. The summed E-state index contributed by atoms with van der Waals surface area (Å²) in [5.74, 6) is 0.0128. The van der Waals surface area contributed by atoms with Gasteiger partial charge < -0.3 is 4.90 Å². The molecule has 3 amide bonds. The molecule has 0 bridgehead atoms. The molecule has 0 N–H and O–H groups in total. The van der Waals surface area contributed by atoms with Gasteiger partial charge in [-0.15, -0.1) is 0 Å². The van der Waals surface area contributed by atoms with E-state index >= 15 is 0 Å². The maximum atomic E-state index is 12.4. The summed E-state index contributed by atoms with van der Waals surface area (Å²) >= 11 is 0. The lowest BCUT2D eigenvalue weighted by atomic mass is 9.76. The lowest BCUT2D eigenvalue weighted by Gasteiger charge is -2.39. The highest BCUT2D eigenvalue weighted by atomic mass is 16.2. The zero-order valence-corrected chi connectivity index (χ0v) is 15.1. The molecule has 0 radical (unpaired) electrons. The van der Waals surface area contributed by atoms with Crippen molar-refractivity contribution in [1.29, 1.82) is 0 Å². The Morgan fingerprint density at radius 2 is 1.96 bits per heavy atom. The van der Waals surface area contributed by atoms with Crippen molar-refractivity contribution in [2.75, 3.05) is 26.2 Å². The molecule has 4 rings (SSSR count). The molecule has 0 aliphatic carbocycles. The van der Waals surface area contributed by atoms with Crippen molar-refractivity contribution in [2.45, 2.75) is 52.2 Å². The summed E-state index contributed by atoms with van der Waals surface area (Å²) in [4.78, 5) is 30.5. The van der Waals surface area contributed by atoms with Gasteiger partial charge in [-0.05, 0) is 51.6 Å². The number of aromatic nitrogens is 2. The average Bonchev–Trinajstić information content (AvgIpc) is 3.27. The van der Waals surface area contributed by atoms with Crippen LogP contribution in [-0.2, 0) is 17.9 Å². The fraction of sp³-hybridized carbons (Fsp3) is 0.722. The molecule has 0 aromatic carbocycles. The number of likely N-dealkylation sites (N-methyl/N-ethyl adjacent to an activating group) is 1. The second-order valence-corrected chi connectivity index (χ2v) is 7.69. The summed E-state index contributed by atoms with van der Waals surface area (Å²) in [5.41, 5.74) is 1.40. The van der Waals surface area contributed by atoms with Crippen LogP contribution in [0, 0.1) is 5.41 Å². The Balaban J connectivity index is 1.36. The molecule has 0 saturated carbocycles. The second kappa shape index (κ2) is 6.12. The number of imide groups is 1. The number of fused-ring (bicyclic) bond motifs is 1. The van der Waals surface area contributed by atoms with Crippen molar-refractivity contribution in [1.82, 2.24) is 24.5 Å². The number of likely N-dealkylation sites (tertiary alicyclic amines) is 1. The van der Waals surface area contributed by atoms with Crippen molar-refractivity contribution >= 4 is 11.9 Å². The Morgan fingerprint density at radius 1 is 1.20 bits per heavy atom. The fourth-order valence-corrected chi connectivity index (χ4v) is 4.67. The van der Waals surface area contributed by atoms with E-state index in [0.717, 1.165) is 52.0 Å². The van der Waals surface area contributed by atoms with Gasteiger partial charge in [-0.1, -0.05) is 0 Å². The number of aryl methyl sites for hydroxylation is 1. The van der Waals surface area contributed by atoms with Crippen LogP contribution in [0.1, 0.15) is 38.7 Å². The Bertz CT molecular complexity index is 651. The molecule has 4 heterocycles. The molecule has 1 aromatic heterocycles. The summed E-state index contributed by atoms with van der Waals surface area (Å²) in [6.07, 6.45) is 7.04. The molecule has 1 aromatic rings. The number of carbonyl (C=O) groups is 2. The van der Waals surface area contributed by atoms with E-state index in [1.54, 1.807) is 0 Å². The van der Waals surface area contributed by atoms with Gasteiger partial charge >= 0.3 is 6.03 Å². The van der Waals surface area contributed by atoms with Gasteiger partial charge in [0, 0.05) is 37.9 Å². The van der Waals surface area contributed by atoms with Gasteiger partial charge in [-0.25, -0.2) is 4.79 Å². The first kappa shape index (κ1) is 16.6. The number of piperidine rings is 1. The van der Waals surface area contributed by atoms with Gasteiger partial charge in [0.1, 0.15) is 6.04 Å². The summed E-state index contributed by atoms with van der Waals surface area (Å²) in [6.45, 7) is 9.08. The molecule has 1 atom stereocenters. The van der Waals surface area contributed by atoms with E-state index in [2.05, 4.69) is 23.1 Å². The third-order valence-electron chi connectivity index (χ3n) is 6.19. The van der Waals surface area contributed by atoms with Crippen LogP contribution in [0.3, 0.4) is 0 Å². The lowest BCUT2D eigenvalue weighted by Crippen LogP contribution is -2.43. The zero-order chi connectivity index (χ0) is 17.6. The van der Waals surface area contributed by atoms with Gasteiger partial charge in [0.15, 0.2) is 0 Å². The minimum absolute atomic E-state index is 0.0128. The summed E-state index contributed by atoms with van der Waals surface area (Å²) in [7, 11) is 0. The monoisotopic (exact) mass is 345 g/mol. The van der Waals surface area contributed by atoms with Crippen LogP contribution in [0.25, 0.3) is 0 Å². The normalized spacial score (nSPS) is 26.1. The molecule has 7 heteroatoms. The van der Waals surface area contributed by atoms with E-state index in [1.807, 2.05) is 22.7 Å². The van der Waals surface area contributed by atoms with Crippen LogP contribution < -0.4 is 0 Å². The van der Waals surface area contributed by atoms with Crippen molar-refractivity contribution in [3.63, 3.8) is 0 Å². The summed E-state index contributed by atoms with van der Waals surface area (Å²) < 4.78 is 1.96. The first-order chi connectivity index (χ1) is 12.0. The van der Waals surface area contributed by atoms with E-state index in [4.69, 9.17) is 0 Å². The molecular weight excluding hydrogens is 318 g/mol. The topological polar surface area (TPSA) is 61.7 Å². The van der Waals surface area contributed by atoms with E-state index in [1.165, 1.54) is 10.5 Å². The molecule has 7 nitrogen and oxygen atoms in total. The maximum absolute atomic E-state index is 12.4. The van der Waals surface area contributed by atoms with Crippen molar-refractivity contribution in [3.8, 4) is 0 Å². The van der Waals surface area contributed by atoms with Crippen LogP contribution in [0.4, 0.5) is 4.79 Å². The first-order valence-corrected chi connectivity index (χ1v) is 9.41. The van der Waals surface area contributed by atoms with Crippen LogP contribution in [0.2, 0.25) is 0 Å². The number of hydrogen-bond donors (Lipinski definition) is 0. The standard InChI is InChI=1S/C18H27N5O2/c1-3-21-12-14(10-19-21)11-20-7-5-18(6-8-20)9-15-16(24)22(4-2)17(25)23(15)13-18/h10,12,15H,3-9,11,13H2,1-2H3. The molecule has 3 saturated heterocycles. The number of hydrogen-bond acceptors (Lipinski definition) is 4. The van der Waals surface area contributed by atoms with Gasteiger partial charge in [-0.3, -0.25) is 19.3 Å². The van der Waals surface area contributed by atoms with E-state index in [0.29, 0.717) is 6.54 Å².